The van der Waals surface area contributed by atoms with Gasteiger partial charge in [0.2, 0.25) is 0 Å². The molecule has 0 amide bonds. The Morgan fingerprint density at radius 2 is 2.06 bits per heavy atom. The highest BCUT2D eigenvalue weighted by atomic mass is 32.2. The van der Waals surface area contributed by atoms with Crippen LogP contribution in [0.4, 0.5) is 0 Å². The molecule has 0 unspecified atom stereocenters. The third kappa shape index (κ3) is 3.82. The van der Waals surface area contributed by atoms with Gasteiger partial charge in [0, 0.05) is 19.3 Å². The molecule has 18 heavy (non-hydrogen) atoms. The minimum absolute atomic E-state index is 0.516. The zero-order valence-electron chi connectivity index (χ0n) is 12.3. The molecule has 1 N–H and O–H groups in total. The number of rotatable bonds is 5. The van der Waals surface area contributed by atoms with E-state index in [9.17, 15) is 8.42 Å². The summed E-state index contributed by atoms with van der Waals surface area (Å²) in [4.78, 5) is 0. The molecule has 4 heteroatoms. The molecule has 0 fully saturated rings. The zero-order valence-corrected chi connectivity index (χ0v) is 13.1. The zero-order chi connectivity index (χ0) is 14.0. The summed E-state index contributed by atoms with van der Waals surface area (Å²) in [6, 6.07) is 0. The Balaban J connectivity index is 2.52. The van der Waals surface area contributed by atoms with Crippen LogP contribution in [-0.2, 0) is 9.84 Å². The second-order valence-corrected chi connectivity index (χ2v) is 8.92. The van der Waals surface area contributed by atoms with E-state index in [1.165, 1.54) is 24.7 Å². The van der Waals surface area contributed by atoms with E-state index in [2.05, 4.69) is 25.2 Å². The lowest BCUT2D eigenvalue weighted by molar-refractivity contribution is 0.346. The van der Waals surface area contributed by atoms with Gasteiger partial charge in [-0.3, -0.25) is 0 Å². The van der Waals surface area contributed by atoms with Gasteiger partial charge in [-0.25, -0.2) is 8.42 Å². The largest absolute Gasteiger partial charge is 0.315 e. The molecule has 0 spiro atoms. The molecular weight excluding hydrogens is 246 g/mol. The van der Waals surface area contributed by atoms with Crippen LogP contribution in [0.1, 0.15) is 40.5 Å². The van der Waals surface area contributed by atoms with E-state index in [1.807, 2.05) is 0 Å². The molecule has 0 radical (unpaired) electrons. The van der Waals surface area contributed by atoms with Gasteiger partial charge in [0.1, 0.15) is 0 Å². The molecule has 106 valence electrons. The van der Waals surface area contributed by atoms with Crippen molar-refractivity contribution in [3.63, 3.8) is 0 Å². The van der Waals surface area contributed by atoms with Crippen LogP contribution < -0.4 is 5.32 Å². The summed E-state index contributed by atoms with van der Waals surface area (Å²) in [5, 5.41) is 3.34. The molecule has 0 aliphatic heterocycles. The number of sulfone groups is 1. The molecule has 0 aromatic carbocycles. The van der Waals surface area contributed by atoms with Crippen LogP contribution in [0.5, 0.6) is 0 Å². The third-order valence-electron chi connectivity index (χ3n) is 4.28. The van der Waals surface area contributed by atoms with Gasteiger partial charge in [0.15, 0.2) is 9.84 Å². The van der Waals surface area contributed by atoms with Crippen molar-refractivity contribution < 1.29 is 8.42 Å². The standard InChI is InChI=1S/C14H27NO2S/c1-11-7-6-8-12(2)13(11)9-15-10-14(3,4)18(5,16)17/h7,12-13,15H,6,8-10H2,1-5H3/t12-,13-/m1/s1. The molecular formula is C14H27NO2S. The normalized spacial score (nSPS) is 25.9. The topological polar surface area (TPSA) is 46.2 Å². The fourth-order valence-corrected chi connectivity index (χ4v) is 2.76. The second-order valence-electron chi connectivity index (χ2n) is 6.27. The smallest absolute Gasteiger partial charge is 0.153 e. The van der Waals surface area contributed by atoms with Gasteiger partial charge in [-0.1, -0.05) is 18.6 Å². The van der Waals surface area contributed by atoms with Crippen molar-refractivity contribution in [2.24, 2.45) is 11.8 Å². The Bertz CT molecular complexity index is 410. The average molecular weight is 273 g/mol. The van der Waals surface area contributed by atoms with Gasteiger partial charge in [0.05, 0.1) is 4.75 Å². The van der Waals surface area contributed by atoms with Gasteiger partial charge in [-0.05, 0) is 45.4 Å². The summed E-state index contributed by atoms with van der Waals surface area (Å²) < 4.78 is 22.5. The van der Waals surface area contributed by atoms with Crippen molar-refractivity contribution >= 4 is 9.84 Å². The Hall–Kier alpha value is -0.350. The van der Waals surface area contributed by atoms with Crippen LogP contribution in [-0.4, -0.2) is 32.5 Å². The minimum Gasteiger partial charge on any atom is -0.315 e. The lowest BCUT2D eigenvalue weighted by atomic mass is 9.80. The molecule has 0 heterocycles. The van der Waals surface area contributed by atoms with E-state index in [0.717, 1.165) is 6.54 Å². The summed E-state index contributed by atoms with van der Waals surface area (Å²) in [6.07, 6.45) is 6.04. The summed E-state index contributed by atoms with van der Waals surface area (Å²) in [5.74, 6) is 1.23. The van der Waals surface area contributed by atoms with Crippen molar-refractivity contribution in [2.45, 2.75) is 45.3 Å². The van der Waals surface area contributed by atoms with E-state index < -0.39 is 14.6 Å². The van der Waals surface area contributed by atoms with Gasteiger partial charge >= 0.3 is 0 Å². The lowest BCUT2D eigenvalue weighted by Crippen LogP contribution is -2.43. The number of allylic oxidation sites excluding steroid dienone is 1. The van der Waals surface area contributed by atoms with Crippen LogP contribution in [0.25, 0.3) is 0 Å². The number of hydrogen-bond donors (Lipinski definition) is 1. The fraction of sp³-hybridized carbons (Fsp3) is 0.857. The Labute approximate surface area is 112 Å². The number of nitrogens with one attached hydrogen (secondary N) is 1. The van der Waals surface area contributed by atoms with E-state index in [1.54, 1.807) is 13.8 Å². The maximum atomic E-state index is 11.6. The van der Waals surface area contributed by atoms with Crippen molar-refractivity contribution in [1.29, 1.82) is 0 Å². The predicted octanol–water partition coefficient (Wildman–Crippen LogP) is 2.39. The summed E-state index contributed by atoms with van der Waals surface area (Å²) in [7, 11) is -3.01. The highest BCUT2D eigenvalue weighted by Crippen LogP contribution is 2.29. The van der Waals surface area contributed by atoms with Crippen LogP contribution in [0.2, 0.25) is 0 Å². The van der Waals surface area contributed by atoms with Crippen molar-refractivity contribution in [3.05, 3.63) is 11.6 Å². The van der Waals surface area contributed by atoms with Gasteiger partial charge in [-0.2, -0.15) is 0 Å². The van der Waals surface area contributed by atoms with Gasteiger partial charge < -0.3 is 5.32 Å². The van der Waals surface area contributed by atoms with E-state index in [4.69, 9.17) is 0 Å². The molecule has 1 rings (SSSR count). The lowest BCUT2D eigenvalue weighted by Gasteiger charge is -2.30. The van der Waals surface area contributed by atoms with E-state index in [-0.39, 0.29) is 0 Å². The first-order chi connectivity index (χ1) is 8.15. The quantitative estimate of drug-likeness (QED) is 0.782. The van der Waals surface area contributed by atoms with Crippen molar-refractivity contribution in [2.75, 3.05) is 19.3 Å². The molecule has 0 aromatic rings. The maximum Gasteiger partial charge on any atom is 0.153 e. The highest BCUT2D eigenvalue weighted by molar-refractivity contribution is 7.92. The van der Waals surface area contributed by atoms with E-state index >= 15 is 0 Å². The molecule has 0 saturated carbocycles. The Morgan fingerprint density at radius 3 is 2.56 bits per heavy atom. The molecule has 1 aliphatic rings. The maximum absolute atomic E-state index is 11.6. The highest BCUT2D eigenvalue weighted by Gasteiger charge is 2.30. The van der Waals surface area contributed by atoms with Gasteiger partial charge in [-0.15, -0.1) is 0 Å². The van der Waals surface area contributed by atoms with Crippen LogP contribution >= 0.6 is 0 Å². The fourth-order valence-electron chi connectivity index (χ4n) is 2.40. The molecule has 1 aliphatic carbocycles. The van der Waals surface area contributed by atoms with Crippen LogP contribution in [0.15, 0.2) is 11.6 Å². The average Bonchev–Trinajstić information content (AvgIpc) is 2.20. The summed E-state index contributed by atoms with van der Waals surface area (Å²) >= 11 is 0. The summed E-state index contributed by atoms with van der Waals surface area (Å²) in [6.45, 7) is 9.42. The first-order valence-electron chi connectivity index (χ1n) is 6.72. The van der Waals surface area contributed by atoms with Crippen molar-refractivity contribution in [3.8, 4) is 0 Å². The first-order valence-corrected chi connectivity index (χ1v) is 8.61. The van der Waals surface area contributed by atoms with E-state index in [0.29, 0.717) is 18.4 Å². The molecule has 0 saturated heterocycles. The second kappa shape index (κ2) is 5.74. The van der Waals surface area contributed by atoms with Crippen molar-refractivity contribution in [1.82, 2.24) is 5.32 Å². The first kappa shape index (κ1) is 15.7. The minimum atomic E-state index is -3.01. The molecule has 0 aromatic heterocycles. The number of hydrogen-bond acceptors (Lipinski definition) is 3. The van der Waals surface area contributed by atoms with Crippen LogP contribution in [0, 0.1) is 11.8 Å². The Morgan fingerprint density at radius 1 is 1.44 bits per heavy atom. The SMILES string of the molecule is CC1=CCC[C@@H](C)[C@@H]1CNCC(C)(C)S(C)(=O)=O. The van der Waals surface area contributed by atoms with Crippen LogP contribution in [0.3, 0.4) is 0 Å². The molecule has 2 atom stereocenters. The Kier molecular flexibility index (Phi) is 5.01. The monoisotopic (exact) mass is 273 g/mol. The molecule has 3 nitrogen and oxygen atoms in total. The third-order valence-corrected chi connectivity index (χ3v) is 6.43. The summed E-state index contributed by atoms with van der Waals surface area (Å²) in [5.41, 5.74) is 1.44. The predicted molar refractivity (Wildman–Crippen MR) is 77.4 cm³/mol. The molecule has 0 bridgehead atoms. The van der Waals surface area contributed by atoms with Gasteiger partial charge in [0.25, 0.3) is 0 Å².